The molecule has 0 atom stereocenters. The van der Waals surface area contributed by atoms with Crippen LogP contribution in [0, 0.1) is 0 Å². The first-order valence-corrected chi connectivity index (χ1v) is 10.3. The van der Waals surface area contributed by atoms with Gasteiger partial charge in [-0.05, 0) is 53.1 Å². The van der Waals surface area contributed by atoms with E-state index in [1.807, 2.05) is 18.2 Å². The number of hydrogen-bond acceptors (Lipinski definition) is 4. The summed E-state index contributed by atoms with van der Waals surface area (Å²) in [5, 5.41) is 6.03. The molecule has 146 valence electrons. The van der Waals surface area contributed by atoms with Gasteiger partial charge in [-0.15, -0.1) is 0 Å². The zero-order chi connectivity index (χ0) is 20.8. The van der Waals surface area contributed by atoms with Gasteiger partial charge in [-0.3, -0.25) is 9.78 Å². The van der Waals surface area contributed by atoms with Gasteiger partial charge >= 0.3 is 5.69 Å². The summed E-state index contributed by atoms with van der Waals surface area (Å²) in [5.41, 5.74) is 1.92. The Kier molecular flexibility index (Phi) is 4.62. The fourth-order valence-electron chi connectivity index (χ4n) is 3.13. The molecule has 0 saturated heterocycles. The molecule has 4 N–H and O–H groups in total. The first-order chi connectivity index (χ1) is 13.7. The van der Waals surface area contributed by atoms with Gasteiger partial charge in [0.15, 0.2) is 0 Å². The van der Waals surface area contributed by atoms with Crippen LogP contribution in [0.25, 0.3) is 33.2 Å². The van der Waals surface area contributed by atoms with Crippen molar-refractivity contribution in [2.75, 3.05) is 0 Å². The monoisotopic (exact) mass is 427 g/mol. The Bertz CT molecular complexity index is 1460. The summed E-state index contributed by atoms with van der Waals surface area (Å²) in [7, 11) is -3.84. The fraction of sp³-hybridized carbons (Fsp3) is 0. The first-order valence-electron chi connectivity index (χ1n) is 8.42. The van der Waals surface area contributed by atoms with Crippen LogP contribution >= 0.6 is 11.6 Å². The van der Waals surface area contributed by atoms with E-state index in [2.05, 4.69) is 9.97 Å². The standard InChI is InChI=1S/C20H14ClN3O4S/c21-14-5-1-11(2-6-14)13-9-16(12-3-7-15(8-4-12)29(22,27)28)18-17(10-13)19(25)24-20(26)23-18/h1-10H,(H2,22,27,28)(H2,23,24,25,26). The van der Waals surface area contributed by atoms with Crippen LogP contribution in [-0.2, 0) is 10.0 Å². The van der Waals surface area contributed by atoms with Crippen LogP contribution in [0.5, 0.6) is 0 Å². The van der Waals surface area contributed by atoms with Gasteiger partial charge in [0, 0.05) is 10.6 Å². The molecule has 29 heavy (non-hydrogen) atoms. The van der Waals surface area contributed by atoms with Crippen LogP contribution in [0.2, 0.25) is 5.02 Å². The smallest absolute Gasteiger partial charge is 0.306 e. The molecule has 0 spiro atoms. The predicted octanol–water partition coefficient (Wildman–Crippen LogP) is 2.85. The van der Waals surface area contributed by atoms with Gasteiger partial charge in [0.25, 0.3) is 5.56 Å². The van der Waals surface area contributed by atoms with E-state index in [0.29, 0.717) is 27.1 Å². The summed E-state index contributed by atoms with van der Waals surface area (Å²) in [4.78, 5) is 29.1. The van der Waals surface area contributed by atoms with E-state index in [0.717, 1.165) is 11.1 Å². The molecular weight excluding hydrogens is 414 g/mol. The van der Waals surface area contributed by atoms with Crippen LogP contribution in [0.15, 0.2) is 75.1 Å². The lowest BCUT2D eigenvalue weighted by Gasteiger charge is -2.11. The topological polar surface area (TPSA) is 126 Å². The van der Waals surface area contributed by atoms with Gasteiger partial charge < -0.3 is 4.98 Å². The average molecular weight is 428 g/mol. The molecule has 0 unspecified atom stereocenters. The van der Waals surface area contributed by atoms with Crippen molar-refractivity contribution in [2.24, 2.45) is 5.14 Å². The largest absolute Gasteiger partial charge is 0.326 e. The van der Waals surface area contributed by atoms with Crippen molar-refractivity contribution in [1.29, 1.82) is 0 Å². The van der Waals surface area contributed by atoms with Crippen molar-refractivity contribution in [3.63, 3.8) is 0 Å². The molecule has 0 fully saturated rings. The number of rotatable bonds is 3. The number of sulfonamides is 1. The molecule has 0 bridgehead atoms. The van der Waals surface area contributed by atoms with E-state index in [1.165, 1.54) is 12.1 Å². The van der Waals surface area contributed by atoms with Crippen LogP contribution in [0.1, 0.15) is 0 Å². The third kappa shape index (κ3) is 3.73. The Morgan fingerprint density at radius 3 is 2.03 bits per heavy atom. The maximum absolute atomic E-state index is 12.4. The molecule has 1 heterocycles. The summed E-state index contributed by atoms with van der Waals surface area (Å²) in [5.74, 6) is 0. The summed E-state index contributed by atoms with van der Waals surface area (Å²) in [6, 6.07) is 16.5. The summed E-state index contributed by atoms with van der Waals surface area (Å²) >= 11 is 5.96. The Balaban J connectivity index is 2.02. The highest BCUT2D eigenvalue weighted by atomic mass is 35.5. The molecule has 0 saturated carbocycles. The number of nitrogens with two attached hydrogens (primary N) is 1. The minimum Gasteiger partial charge on any atom is -0.306 e. The van der Waals surface area contributed by atoms with Crippen LogP contribution < -0.4 is 16.4 Å². The number of primary sulfonamides is 1. The highest BCUT2D eigenvalue weighted by Gasteiger charge is 2.13. The second kappa shape index (κ2) is 7.00. The molecule has 4 rings (SSSR count). The summed E-state index contributed by atoms with van der Waals surface area (Å²) in [6.45, 7) is 0. The molecule has 0 aliphatic heterocycles. The predicted molar refractivity (Wildman–Crippen MR) is 112 cm³/mol. The maximum Gasteiger partial charge on any atom is 0.326 e. The van der Waals surface area contributed by atoms with Gasteiger partial charge in [0.2, 0.25) is 10.0 Å². The Labute approximate surface area is 169 Å². The highest BCUT2D eigenvalue weighted by molar-refractivity contribution is 7.89. The number of aromatic amines is 2. The fourth-order valence-corrected chi connectivity index (χ4v) is 3.77. The van der Waals surface area contributed by atoms with E-state index in [-0.39, 0.29) is 4.90 Å². The second-order valence-corrected chi connectivity index (χ2v) is 8.43. The SMILES string of the molecule is NS(=O)(=O)c1ccc(-c2cc(-c3ccc(Cl)cc3)cc3c(=O)[nH]c(=O)[nH]c23)cc1. The molecule has 0 aliphatic carbocycles. The van der Waals surface area contributed by atoms with E-state index >= 15 is 0 Å². The highest BCUT2D eigenvalue weighted by Crippen LogP contribution is 2.32. The molecule has 7 nitrogen and oxygen atoms in total. The lowest BCUT2D eigenvalue weighted by molar-refractivity contribution is 0.598. The Morgan fingerprint density at radius 2 is 1.41 bits per heavy atom. The summed E-state index contributed by atoms with van der Waals surface area (Å²) in [6.07, 6.45) is 0. The Morgan fingerprint density at radius 1 is 0.793 bits per heavy atom. The van der Waals surface area contributed by atoms with Gasteiger partial charge in [0.05, 0.1) is 15.8 Å². The van der Waals surface area contributed by atoms with Gasteiger partial charge in [-0.1, -0.05) is 35.9 Å². The zero-order valence-corrected chi connectivity index (χ0v) is 16.3. The van der Waals surface area contributed by atoms with Gasteiger partial charge in [0.1, 0.15) is 0 Å². The van der Waals surface area contributed by atoms with Crippen molar-refractivity contribution in [3.8, 4) is 22.3 Å². The number of H-pyrrole nitrogens is 2. The average Bonchev–Trinajstić information content (AvgIpc) is 2.67. The number of hydrogen-bond donors (Lipinski definition) is 3. The lowest BCUT2D eigenvalue weighted by Crippen LogP contribution is -2.22. The number of halogens is 1. The molecule has 1 aromatic heterocycles. The van der Waals surface area contributed by atoms with Crippen LogP contribution in [0.3, 0.4) is 0 Å². The van der Waals surface area contributed by atoms with Crippen molar-refractivity contribution in [1.82, 2.24) is 9.97 Å². The minimum atomic E-state index is -3.84. The van der Waals surface area contributed by atoms with Crippen molar-refractivity contribution in [3.05, 3.63) is 86.5 Å². The van der Waals surface area contributed by atoms with Gasteiger partial charge in [-0.2, -0.15) is 0 Å². The van der Waals surface area contributed by atoms with E-state index in [9.17, 15) is 18.0 Å². The lowest BCUT2D eigenvalue weighted by atomic mass is 9.96. The first kappa shape index (κ1) is 19.1. The maximum atomic E-state index is 12.4. The quantitative estimate of drug-likeness (QED) is 0.464. The van der Waals surface area contributed by atoms with E-state index < -0.39 is 21.3 Å². The number of fused-ring (bicyclic) bond motifs is 1. The third-order valence-corrected chi connectivity index (χ3v) is 5.70. The molecule has 0 aliphatic rings. The zero-order valence-electron chi connectivity index (χ0n) is 14.8. The Hall–Kier alpha value is -3.20. The number of aromatic nitrogens is 2. The minimum absolute atomic E-state index is 0.0363. The van der Waals surface area contributed by atoms with Crippen molar-refractivity contribution >= 4 is 32.5 Å². The number of nitrogens with one attached hydrogen (secondary N) is 2. The van der Waals surface area contributed by atoms with Crippen molar-refractivity contribution in [2.45, 2.75) is 4.90 Å². The molecule has 4 aromatic rings. The second-order valence-electron chi connectivity index (χ2n) is 6.43. The third-order valence-electron chi connectivity index (χ3n) is 4.52. The molecule has 0 amide bonds. The van der Waals surface area contributed by atoms with E-state index in [1.54, 1.807) is 30.3 Å². The van der Waals surface area contributed by atoms with Crippen LogP contribution in [-0.4, -0.2) is 18.4 Å². The molecular formula is C20H14ClN3O4S. The normalized spacial score (nSPS) is 11.7. The van der Waals surface area contributed by atoms with Crippen molar-refractivity contribution < 1.29 is 8.42 Å². The van der Waals surface area contributed by atoms with E-state index in [4.69, 9.17) is 16.7 Å². The molecule has 3 aromatic carbocycles. The van der Waals surface area contributed by atoms with Crippen LogP contribution in [0.4, 0.5) is 0 Å². The molecule has 9 heteroatoms. The summed E-state index contributed by atoms with van der Waals surface area (Å²) < 4.78 is 23.0. The van der Waals surface area contributed by atoms with Gasteiger partial charge in [-0.25, -0.2) is 18.4 Å². The number of benzene rings is 3. The molecule has 0 radical (unpaired) electrons.